The zero-order chi connectivity index (χ0) is 21.0. The molecule has 0 saturated heterocycles. The number of thiophene rings is 1. The molecule has 0 radical (unpaired) electrons. The van der Waals surface area contributed by atoms with Crippen molar-refractivity contribution in [1.29, 1.82) is 0 Å². The molecule has 0 unspecified atom stereocenters. The second-order valence-corrected chi connectivity index (χ2v) is 8.70. The normalized spacial score (nSPS) is 10.9. The van der Waals surface area contributed by atoms with Crippen molar-refractivity contribution in [3.05, 3.63) is 59.0 Å². The summed E-state index contributed by atoms with van der Waals surface area (Å²) in [6.07, 6.45) is 5.09. The van der Waals surface area contributed by atoms with Gasteiger partial charge in [-0.15, -0.1) is 11.3 Å². The van der Waals surface area contributed by atoms with E-state index in [0.29, 0.717) is 17.5 Å². The Morgan fingerprint density at radius 1 is 1.28 bits per heavy atom. The molecule has 2 aromatic heterocycles. The van der Waals surface area contributed by atoms with E-state index in [1.807, 2.05) is 42.0 Å². The average Bonchev–Trinajstić information content (AvgIpc) is 3.23. The smallest absolute Gasteiger partial charge is 0.396 e. The first-order valence-corrected chi connectivity index (χ1v) is 10.9. The lowest BCUT2D eigenvalue weighted by atomic mass is 9.99. The second-order valence-electron chi connectivity index (χ2n) is 7.02. The van der Waals surface area contributed by atoms with Gasteiger partial charge < -0.3 is 9.30 Å². The Bertz CT molecular complexity index is 1120. The zero-order valence-corrected chi connectivity index (χ0v) is 18.0. The minimum absolute atomic E-state index is 0.361. The third kappa shape index (κ3) is 5.39. The van der Waals surface area contributed by atoms with Crippen molar-refractivity contribution in [2.24, 2.45) is 10.3 Å². The molecule has 9 heteroatoms. The maximum atomic E-state index is 11.8. The van der Waals surface area contributed by atoms with Crippen molar-refractivity contribution in [1.82, 2.24) is 9.55 Å². The van der Waals surface area contributed by atoms with Gasteiger partial charge in [0.05, 0.1) is 6.33 Å². The molecule has 0 aliphatic rings. The number of nitrogens with zero attached hydrogens (tertiary/aromatic N) is 3. The van der Waals surface area contributed by atoms with Crippen LogP contribution >= 0.6 is 11.3 Å². The molecule has 0 N–H and O–H groups in total. The van der Waals surface area contributed by atoms with Crippen LogP contribution in [0.25, 0.3) is 11.1 Å². The van der Waals surface area contributed by atoms with E-state index < -0.39 is 16.6 Å². The first kappa shape index (κ1) is 20.9. The van der Waals surface area contributed by atoms with Gasteiger partial charge in [0, 0.05) is 29.4 Å². The van der Waals surface area contributed by atoms with Crippen LogP contribution in [-0.2, 0) is 23.5 Å². The lowest BCUT2D eigenvalue weighted by molar-refractivity contribution is 0.213. The SMILES string of the molecule is Cc1c(CC(C)C)sc(OC(=O)N=S(=O)=O)c1-c1ccc(Cn2ccnc2)cc1. The Morgan fingerprint density at radius 2 is 2.00 bits per heavy atom. The Hall–Kier alpha value is -2.78. The number of ether oxygens (including phenoxy) is 1. The molecule has 1 amide bonds. The van der Waals surface area contributed by atoms with Crippen LogP contribution in [0.2, 0.25) is 0 Å². The molecule has 0 aliphatic carbocycles. The highest BCUT2D eigenvalue weighted by Gasteiger charge is 2.21. The van der Waals surface area contributed by atoms with Crippen LogP contribution in [0.3, 0.4) is 0 Å². The van der Waals surface area contributed by atoms with Crippen molar-refractivity contribution >= 4 is 27.9 Å². The number of benzene rings is 1. The quantitative estimate of drug-likeness (QED) is 0.563. The maximum Gasteiger partial charge on any atom is 0.455 e. The molecule has 2 heterocycles. The van der Waals surface area contributed by atoms with Gasteiger partial charge in [0.25, 0.3) is 0 Å². The van der Waals surface area contributed by atoms with Crippen molar-refractivity contribution in [3.63, 3.8) is 0 Å². The highest BCUT2D eigenvalue weighted by atomic mass is 32.2. The predicted molar refractivity (Wildman–Crippen MR) is 112 cm³/mol. The summed E-state index contributed by atoms with van der Waals surface area (Å²) in [5.41, 5.74) is 3.82. The molecule has 3 rings (SSSR count). The lowest BCUT2D eigenvalue weighted by Crippen LogP contribution is -2.01. The molecule has 152 valence electrons. The fourth-order valence-corrected chi connectivity index (χ4v) is 4.57. The first-order valence-electron chi connectivity index (χ1n) is 9.03. The van der Waals surface area contributed by atoms with E-state index in [1.54, 1.807) is 12.5 Å². The molecule has 3 aromatic rings. The first-order chi connectivity index (χ1) is 13.8. The molecule has 0 atom stereocenters. The summed E-state index contributed by atoms with van der Waals surface area (Å²) in [4.78, 5) is 16.9. The van der Waals surface area contributed by atoms with Crippen LogP contribution in [0.1, 0.15) is 29.9 Å². The molecular weight excluding hydrogens is 410 g/mol. The summed E-state index contributed by atoms with van der Waals surface area (Å²) in [7, 11) is -2.85. The lowest BCUT2D eigenvalue weighted by Gasteiger charge is -2.08. The van der Waals surface area contributed by atoms with E-state index in [2.05, 4.69) is 23.2 Å². The van der Waals surface area contributed by atoms with Crippen molar-refractivity contribution in [2.75, 3.05) is 0 Å². The van der Waals surface area contributed by atoms with E-state index in [0.717, 1.165) is 33.6 Å². The number of carbonyl (C=O) groups is 1. The molecule has 1 aromatic carbocycles. The van der Waals surface area contributed by atoms with E-state index in [4.69, 9.17) is 4.74 Å². The van der Waals surface area contributed by atoms with Crippen LogP contribution in [0.4, 0.5) is 4.79 Å². The van der Waals surface area contributed by atoms with Gasteiger partial charge >= 0.3 is 16.6 Å². The Labute approximate surface area is 174 Å². The molecule has 7 nitrogen and oxygen atoms in total. The number of hydrogen-bond donors (Lipinski definition) is 0. The Kier molecular flexibility index (Phi) is 6.60. The van der Waals surface area contributed by atoms with Gasteiger partial charge in [0.15, 0.2) is 5.06 Å². The number of rotatable bonds is 6. The van der Waals surface area contributed by atoms with E-state index in [-0.39, 0.29) is 0 Å². The van der Waals surface area contributed by atoms with Crippen molar-refractivity contribution in [2.45, 2.75) is 33.7 Å². The zero-order valence-electron chi connectivity index (χ0n) is 16.3. The van der Waals surface area contributed by atoms with Crippen molar-refractivity contribution < 1.29 is 17.9 Å². The fourth-order valence-electron chi connectivity index (χ4n) is 3.03. The van der Waals surface area contributed by atoms with E-state index >= 15 is 0 Å². The van der Waals surface area contributed by atoms with Crippen molar-refractivity contribution in [3.8, 4) is 16.2 Å². The van der Waals surface area contributed by atoms with Gasteiger partial charge in [-0.05, 0) is 36.0 Å². The average molecular weight is 432 g/mol. The third-order valence-corrected chi connectivity index (χ3v) is 5.79. The number of hydrogen-bond acceptors (Lipinski definition) is 6. The molecular formula is C20H21N3O4S2. The van der Waals surface area contributed by atoms with Gasteiger partial charge in [0.2, 0.25) is 0 Å². The number of aromatic nitrogens is 2. The predicted octanol–water partition coefficient (Wildman–Crippen LogP) is 4.73. The fraction of sp³-hybridized carbons (Fsp3) is 0.300. The summed E-state index contributed by atoms with van der Waals surface area (Å²) < 4.78 is 31.5. The summed E-state index contributed by atoms with van der Waals surface area (Å²) >= 11 is 1.36. The highest BCUT2D eigenvalue weighted by molar-refractivity contribution is 7.62. The Morgan fingerprint density at radius 3 is 2.59 bits per heavy atom. The standard InChI is InChI=1S/C20H21N3O4S2/c1-13(2)10-17-14(3)18(19(28-17)27-20(24)22-29(25)26)16-6-4-15(5-7-16)11-23-9-8-21-12-23/h4-9,12-13H,10-11H2,1-3H3. The van der Waals surface area contributed by atoms with Gasteiger partial charge in [0.1, 0.15) is 0 Å². The van der Waals surface area contributed by atoms with Crippen LogP contribution in [0.5, 0.6) is 5.06 Å². The van der Waals surface area contributed by atoms with Gasteiger partial charge in [-0.3, -0.25) is 0 Å². The van der Waals surface area contributed by atoms with E-state index in [1.165, 1.54) is 11.3 Å². The molecule has 0 bridgehead atoms. The molecule has 29 heavy (non-hydrogen) atoms. The monoisotopic (exact) mass is 431 g/mol. The molecule has 0 aliphatic heterocycles. The van der Waals surface area contributed by atoms with Crippen LogP contribution < -0.4 is 4.74 Å². The number of amides is 1. The summed E-state index contributed by atoms with van der Waals surface area (Å²) in [5.74, 6) is 0.431. The van der Waals surface area contributed by atoms with Gasteiger partial charge in [-0.1, -0.05) is 42.5 Å². The third-order valence-electron chi connectivity index (χ3n) is 4.30. The molecule has 0 saturated carbocycles. The Balaban J connectivity index is 1.96. The summed E-state index contributed by atoms with van der Waals surface area (Å²) in [6, 6.07) is 7.97. The summed E-state index contributed by atoms with van der Waals surface area (Å²) in [6.45, 7) is 6.93. The second kappa shape index (κ2) is 9.15. The van der Waals surface area contributed by atoms with Gasteiger partial charge in [-0.25, -0.2) is 9.78 Å². The highest BCUT2D eigenvalue weighted by Crippen LogP contribution is 2.43. The summed E-state index contributed by atoms with van der Waals surface area (Å²) in [5, 5.41) is 0.361. The van der Waals surface area contributed by atoms with Crippen LogP contribution in [-0.4, -0.2) is 24.1 Å². The molecule has 0 fully saturated rings. The number of imidazole rings is 1. The minimum atomic E-state index is -2.85. The molecule has 0 spiro atoms. The van der Waals surface area contributed by atoms with Gasteiger partial charge in [-0.2, -0.15) is 8.42 Å². The van der Waals surface area contributed by atoms with Crippen LogP contribution in [0.15, 0.2) is 47.3 Å². The largest absolute Gasteiger partial charge is 0.455 e. The van der Waals surface area contributed by atoms with E-state index in [9.17, 15) is 13.2 Å². The topological polar surface area (TPSA) is 90.6 Å². The minimum Gasteiger partial charge on any atom is -0.396 e. The number of carbonyl (C=O) groups excluding carboxylic acids is 1. The maximum absolute atomic E-state index is 11.8. The van der Waals surface area contributed by atoms with Crippen LogP contribution in [0, 0.1) is 12.8 Å².